The first-order valence-corrected chi connectivity index (χ1v) is 26.9. The van der Waals surface area contributed by atoms with E-state index in [1.54, 1.807) is 0 Å². The first kappa shape index (κ1) is 58.4. The number of hydrogen-bond acceptors (Lipinski definition) is 6. The first-order valence-electron chi connectivity index (χ1n) is 26.9. The minimum atomic E-state index is -0.761. The van der Waals surface area contributed by atoms with Crippen LogP contribution in [0.2, 0.25) is 0 Å². The van der Waals surface area contributed by atoms with Crippen LogP contribution in [0, 0.1) is 5.92 Å². The van der Waals surface area contributed by atoms with Gasteiger partial charge < -0.3 is 14.2 Å². The summed E-state index contributed by atoms with van der Waals surface area (Å²) in [5.74, 6) is -0.0309. The molecule has 0 saturated heterocycles. The molecule has 0 aromatic rings. The number of hydrogen-bond donors (Lipinski definition) is 0. The normalized spacial score (nSPS) is 12.4. The van der Waals surface area contributed by atoms with Gasteiger partial charge in [-0.15, -0.1) is 0 Å². The molecule has 2 atom stereocenters. The van der Waals surface area contributed by atoms with Gasteiger partial charge >= 0.3 is 17.9 Å². The summed E-state index contributed by atoms with van der Waals surface area (Å²) in [4.78, 5) is 37.9. The molecule has 0 fully saturated rings. The van der Waals surface area contributed by atoms with Crippen LogP contribution in [-0.4, -0.2) is 37.2 Å². The molecular formula is C54H104O6. The second-order valence-corrected chi connectivity index (χ2v) is 18.8. The van der Waals surface area contributed by atoms with E-state index in [9.17, 15) is 14.4 Å². The molecule has 0 aliphatic rings. The van der Waals surface area contributed by atoms with E-state index in [-0.39, 0.29) is 31.1 Å². The first-order chi connectivity index (χ1) is 29.4. The monoisotopic (exact) mass is 849 g/mol. The highest BCUT2D eigenvalue weighted by Gasteiger charge is 2.19. The summed E-state index contributed by atoms with van der Waals surface area (Å²) >= 11 is 0. The topological polar surface area (TPSA) is 78.9 Å². The van der Waals surface area contributed by atoms with Gasteiger partial charge in [0.25, 0.3) is 0 Å². The molecule has 0 aliphatic carbocycles. The molecule has 0 radical (unpaired) electrons. The van der Waals surface area contributed by atoms with Crippen molar-refractivity contribution in [1.82, 2.24) is 0 Å². The van der Waals surface area contributed by atoms with Crippen molar-refractivity contribution in [2.45, 2.75) is 310 Å². The van der Waals surface area contributed by atoms with Crippen LogP contribution in [0.25, 0.3) is 0 Å². The summed E-state index contributed by atoms with van der Waals surface area (Å²) in [6, 6.07) is 0. The fraction of sp³-hybridized carbons (Fsp3) is 0.944. The fourth-order valence-corrected chi connectivity index (χ4v) is 8.19. The quantitative estimate of drug-likeness (QED) is 0.0345. The number of rotatable bonds is 49. The third-order valence-electron chi connectivity index (χ3n) is 12.7. The number of ether oxygens (including phenoxy) is 3. The maximum atomic E-state index is 12.8. The van der Waals surface area contributed by atoms with Gasteiger partial charge in [0.2, 0.25) is 0 Å². The van der Waals surface area contributed by atoms with Gasteiger partial charge in [0, 0.05) is 19.3 Å². The van der Waals surface area contributed by atoms with E-state index < -0.39 is 6.10 Å². The van der Waals surface area contributed by atoms with Crippen LogP contribution >= 0.6 is 0 Å². The van der Waals surface area contributed by atoms with Gasteiger partial charge in [-0.2, -0.15) is 0 Å². The van der Waals surface area contributed by atoms with Crippen LogP contribution in [0.5, 0.6) is 0 Å². The van der Waals surface area contributed by atoms with E-state index in [1.165, 1.54) is 199 Å². The maximum Gasteiger partial charge on any atom is 0.306 e. The van der Waals surface area contributed by atoms with Crippen molar-refractivity contribution in [1.29, 1.82) is 0 Å². The molecule has 0 rings (SSSR count). The molecule has 0 aliphatic heterocycles. The number of esters is 3. The average Bonchev–Trinajstić information content (AvgIpc) is 3.25. The van der Waals surface area contributed by atoms with Crippen LogP contribution < -0.4 is 0 Å². The number of carbonyl (C=O) groups excluding carboxylic acids is 3. The van der Waals surface area contributed by atoms with E-state index in [0.29, 0.717) is 19.3 Å². The van der Waals surface area contributed by atoms with Crippen molar-refractivity contribution < 1.29 is 28.6 Å². The zero-order valence-electron chi connectivity index (χ0n) is 40.9. The molecule has 6 heteroatoms. The van der Waals surface area contributed by atoms with Crippen molar-refractivity contribution >= 4 is 17.9 Å². The lowest BCUT2D eigenvalue weighted by atomic mass is 10.00. The lowest BCUT2D eigenvalue weighted by Crippen LogP contribution is -2.30. The molecular weight excluding hydrogens is 745 g/mol. The minimum absolute atomic E-state index is 0.0632. The summed E-state index contributed by atoms with van der Waals surface area (Å²) in [7, 11) is 0. The molecule has 60 heavy (non-hydrogen) atoms. The van der Waals surface area contributed by atoms with Crippen molar-refractivity contribution in [2.24, 2.45) is 5.92 Å². The molecule has 0 aromatic heterocycles. The molecule has 0 N–H and O–H groups in total. The summed E-state index contributed by atoms with van der Waals surface area (Å²) < 4.78 is 16.8. The van der Waals surface area contributed by atoms with Gasteiger partial charge in [-0.1, -0.05) is 265 Å². The molecule has 0 spiro atoms. The Bertz CT molecular complexity index is 905. The second-order valence-electron chi connectivity index (χ2n) is 18.8. The van der Waals surface area contributed by atoms with Crippen molar-refractivity contribution in [3.05, 3.63) is 0 Å². The Kier molecular flexibility index (Phi) is 47.2. The van der Waals surface area contributed by atoms with Crippen LogP contribution in [-0.2, 0) is 28.6 Å². The molecule has 0 amide bonds. The Balaban J connectivity index is 4.26. The van der Waals surface area contributed by atoms with Crippen LogP contribution in [0.4, 0.5) is 0 Å². The minimum Gasteiger partial charge on any atom is -0.462 e. The van der Waals surface area contributed by atoms with Gasteiger partial charge in [-0.05, 0) is 25.2 Å². The van der Waals surface area contributed by atoms with E-state index in [4.69, 9.17) is 14.2 Å². The Hall–Kier alpha value is -1.59. The predicted molar refractivity (Wildman–Crippen MR) is 257 cm³/mol. The number of unbranched alkanes of at least 4 members (excludes halogenated alkanes) is 35. The van der Waals surface area contributed by atoms with Crippen LogP contribution in [0.1, 0.15) is 304 Å². The predicted octanol–water partition coefficient (Wildman–Crippen LogP) is 17.5. The average molecular weight is 849 g/mol. The highest BCUT2D eigenvalue weighted by molar-refractivity contribution is 5.71. The van der Waals surface area contributed by atoms with Gasteiger partial charge in [0.15, 0.2) is 6.10 Å². The fourth-order valence-electron chi connectivity index (χ4n) is 8.19. The lowest BCUT2D eigenvalue weighted by molar-refractivity contribution is -0.167. The Labute approximate surface area is 374 Å². The highest BCUT2D eigenvalue weighted by atomic mass is 16.6. The molecule has 1 unspecified atom stereocenters. The van der Waals surface area contributed by atoms with Crippen molar-refractivity contribution in [3.63, 3.8) is 0 Å². The molecule has 6 nitrogen and oxygen atoms in total. The van der Waals surface area contributed by atoms with Crippen molar-refractivity contribution in [2.75, 3.05) is 13.2 Å². The third kappa shape index (κ3) is 45.9. The third-order valence-corrected chi connectivity index (χ3v) is 12.7. The molecule has 0 heterocycles. The van der Waals surface area contributed by atoms with Crippen LogP contribution in [0.3, 0.4) is 0 Å². The van der Waals surface area contributed by atoms with E-state index in [1.807, 2.05) is 0 Å². The lowest BCUT2D eigenvalue weighted by Gasteiger charge is -2.18. The Morgan fingerprint density at radius 3 is 0.867 bits per heavy atom. The van der Waals surface area contributed by atoms with Gasteiger partial charge in [-0.25, -0.2) is 0 Å². The van der Waals surface area contributed by atoms with E-state index in [2.05, 4.69) is 27.7 Å². The zero-order chi connectivity index (χ0) is 43.8. The Morgan fingerprint density at radius 2 is 0.583 bits per heavy atom. The summed E-state index contributed by atoms with van der Waals surface area (Å²) in [5.41, 5.74) is 0. The standard InChI is InChI=1S/C54H104O6/c1-5-8-10-12-14-16-18-20-22-23-24-25-27-28-30-32-37-41-45-52(55)58-48-51(49-59-53(56)46-42-38-35-34-36-40-44-50(4)7-3)60-54(57)47-43-39-33-31-29-26-21-19-17-15-13-11-9-6-2/h50-51H,5-49H2,1-4H3/t50?,51-/m1/s1. The molecule has 356 valence electrons. The van der Waals surface area contributed by atoms with Gasteiger partial charge in [-0.3, -0.25) is 14.4 Å². The highest BCUT2D eigenvalue weighted by Crippen LogP contribution is 2.18. The second kappa shape index (κ2) is 48.4. The van der Waals surface area contributed by atoms with Crippen molar-refractivity contribution in [3.8, 4) is 0 Å². The maximum absolute atomic E-state index is 12.8. The molecule has 0 aromatic carbocycles. The molecule has 0 bridgehead atoms. The van der Waals surface area contributed by atoms with Gasteiger partial charge in [0.05, 0.1) is 0 Å². The molecule has 0 saturated carbocycles. The summed E-state index contributed by atoms with van der Waals surface area (Å²) in [6.07, 6.45) is 50.9. The summed E-state index contributed by atoms with van der Waals surface area (Å²) in [5, 5.41) is 0. The SMILES string of the molecule is CCCCCCCCCCCCCCCCCCCCC(=O)OC[C@H](COC(=O)CCCCCCCCC(C)CC)OC(=O)CCCCCCCCCCCCCCCC. The smallest absolute Gasteiger partial charge is 0.306 e. The van der Waals surface area contributed by atoms with Crippen LogP contribution in [0.15, 0.2) is 0 Å². The summed E-state index contributed by atoms with van der Waals surface area (Å²) in [6.45, 7) is 9.01. The zero-order valence-corrected chi connectivity index (χ0v) is 40.9. The van der Waals surface area contributed by atoms with E-state index >= 15 is 0 Å². The number of carbonyl (C=O) groups is 3. The largest absolute Gasteiger partial charge is 0.462 e. The van der Waals surface area contributed by atoms with Gasteiger partial charge in [0.1, 0.15) is 13.2 Å². The Morgan fingerprint density at radius 1 is 0.333 bits per heavy atom. The van der Waals surface area contributed by atoms with E-state index in [0.717, 1.165) is 63.7 Å².